The largest absolute Gasteiger partial charge is 0.486 e. The van der Waals surface area contributed by atoms with Crippen molar-refractivity contribution in [3.63, 3.8) is 0 Å². The Balaban J connectivity index is 2.09. The van der Waals surface area contributed by atoms with Crippen molar-refractivity contribution >= 4 is 9.84 Å². The van der Waals surface area contributed by atoms with Crippen LogP contribution in [0.3, 0.4) is 0 Å². The molecule has 0 spiro atoms. The molecule has 2 heterocycles. The summed E-state index contributed by atoms with van der Waals surface area (Å²) in [5, 5.41) is 2.86. The number of rotatable bonds is 3. The van der Waals surface area contributed by atoms with E-state index in [9.17, 15) is 8.42 Å². The molecule has 0 amide bonds. The second-order valence-corrected chi connectivity index (χ2v) is 7.49. The molecule has 0 fully saturated rings. The van der Waals surface area contributed by atoms with Crippen LogP contribution in [0.5, 0.6) is 11.5 Å². The van der Waals surface area contributed by atoms with E-state index in [2.05, 4.69) is 12.2 Å². The predicted molar refractivity (Wildman–Crippen MR) is 75.1 cm³/mol. The van der Waals surface area contributed by atoms with Crippen LogP contribution in [0.1, 0.15) is 31.9 Å². The number of nitrogens with one attached hydrogen (secondary N) is 1. The van der Waals surface area contributed by atoms with Gasteiger partial charge in [0, 0.05) is 6.07 Å². The molecule has 6 heteroatoms. The molecule has 2 unspecified atom stereocenters. The zero-order valence-corrected chi connectivity index (χ0v) is 12.5. The van der Waals surface area contributed by atoms with E-state index in [0.717, 1.165) is 18.5 Å². The lowest BCUT2D eigenvalue weighted by atomic mass is 10.0. The summed E-state index contributed by atoms with van der Waals surface area (Å²) in [6.07, 6.45) is 0.961. The Morgan fingerprint density at radius 1 is 1.25 bits per heavy atom. The van der Waals surface area contributed by atoms with Crippen LogP contribution in [-0.4, -0.2) is 33.4 Å². The van der Waals surface area contributed by atoms with E-state index in [-0.39, 0.29) is 6.04 Å². The van der Waals surface area contributed by atoms with Crippen LogP contribution in [0.15, 0.2) is 17.0 Å². The van der Waals surface area contributed by atoms with Crippen molar-refractivity contribution in [1.82, 2.24) is 5.32 Å². The molecular formula is C14H19NO4S. The second-order valence-electron chi connectivity index (χ2n) is 5.22. The Bertz CT molecular complexity index is 626. The fraction of sp³-hybridized carbons (Fsp3) is 0.571. The lowest BCUT2D eigenvalue weighted by molar-refractivity contribution is 0.170. The van der Waals surface area contributed by atoms with Gasteiger partial charge in [0.1, 0.15) is 13.2 Å². The van der Waals surface area contributed by atoms with Gasteiger partial charge < -0.3 is 14.8 Å². The van der Waals surface area contributed by atoms with Crippen molar-refractivity contribution < 1.29 is 17.9 Å². The molecule has 0 aliphatic carbocycles. The van der Waals surface area contributed by atoms with Crippen LogP contribution < -0.4 is 14.8 Å². The Hall–Kier alpha value is -1.27. The van der Waals surface area contributed by atoms with Gasteiger partial charge in [0.25, 0.3) is 0 Å². The predicted octanol–water partition coefficient (Wildman–Crippen LogP) is 1.67. The molecule has 0 saturated carbocycles. The molecule has 1 aromatic carbocycles. The summed E-state index contributed by atoms with van der Waals surface area (Å²) in [5.74, 6) is 1.17. The highest BCUT2D eigenvalue weighted by Crippen LogP contribution is 2.45. The fourth-order valence-corrected chi connectivity index (χ4v) is 4.57. The van der Waals surface area contributed by atoms with Gasteiger partial charge in [-0.2, -0.15) is 0 Å². The quantitative estimate of drug-likeness (QED) is 0.919. The molecule has 2 atom stereocenters. The van der Waals surface area contributed by atoms with Gasteiger partial charge in [-0.15, -0.1) is 0 Å². The molecule has 110 valence electrons. The smallest absolute Gasteiger partial charge is 0.183 e. The molecule has 2 aliphatic rings. The third-order valence-electron chi connectivity index (χ3n) is 3.89. The Morgan fingerprint density at radius 2 is 1.90 bits per heavy atom. The van der Waals surface area contributed by atoms with E-state index in [4.69, 9.17) is 9.47 Å². The lowest BCUT2D eigenvalue weighted by Gasteiger charge is -2.21. The van der Waals surface area contributed by atoms with E-state index in [1.54, 1.807) is 13.0 Å². The van der Waals surface area contributed by atoms with Crippen molar-refractivity contribution in [2.24, 2.45) is 0 Å². The van der Waals surface area contributed by atoms with Gasteiger partial charge in [0.05, 0.1) is 16.2 Å². The van der Waals surface area contributed by atoms with E-state index in [1.165, 1.54) is 0 Å². The zero-order valence-electron chi connectivity index (χ0n) is 11.7. The summed E-state index contributed by atoms with van der Waals surface area (Å²) in [6.45, 7) is 5.56. The highest BCUT2D eigenvalue weighted by molar-refractivity contribution is 7.92. The molecule has 0 radical (unpaired) electrons. The molecule has 2 aliphatic heterocycles. The lowest BCUT2D eigenvalue weighted by Crippen LogP contribution is -2.30. The van der Waals surface area contributed by atoms with Gasteiger partial charge in [-0.25, -0.2) is 8.42 Å². The van der Waals surface area contributed by atoms with Crippen molar-refractivity contribution in [2.45, 2.75) is 36.5 Å². The summed E-state index contributed by atoms with van der Waals surface area (Å²) < 4.78 is 36.1. The van der Waals surface area contributed by atoms with Gasteiger partial charge >= 0.3 is 0 Å². The van der Waals surface area contributed by atoms with Gasteiger partial charge in [0.15, 0.2) is 21.3 Å². The first-order valence-electron chi connectivity index (χ1n) is 6.96. The van der Waals surface area contributed by atoms with Crippen molar-refractivity contribution in [2.75, 3.05) is 19.8 Å². The summed E-state index contributed by atoms with van der Waals surface area (Å²) in [4.78, 5) is 0.378. The average molecular weight is 297 g/mol. The minimum atomic E-state index is -3.30. The first-order chi connectivity index (χ1) is 9.55. The van der Waals surface area contributed by atoms with Crippen molar-refractivity contribution in [1.29, 1.82) is 0 Å². The van der Waals surface area contributed by atoms with E-state index in [0.29, 0.717) is 29.6 Å². The summed E-state index contributed by atoms with van der Waals surface area (Å²) in [5.41, 5.74) is 0.801. The first-order valence-corrected chi connectivity index (χ1v) is 8.51. The maximum Gasteiger partial charge on any atom is 0.183 e. The summed E-state index contributed by atoms with van der Waals surface area (Å²) in [7, 11) is -3.30. The standard InChI is InChI=1S/C14H19NO4S/c1-3-4-15-14-9(2)20(16,17)13-8-12-11(7-10(13)14)18-5-6-19-12/h7-9,14-15H,3-6H2,1-2H3. The molecule has 3 rings (SSSR count). The van der Waals surface area contributed by atoms with Gasteiger partial charge in [0.2, 0.25) is 0 Å². The molecular weight excluding hydrogens is 278 g/mol. The number of hydrogen-bond acceptors (Lipinski definition) is 5. The topological polar surface area (TPSA) is 64.6 Å². The van der Waals surface area contributed by atoms with E-state index in [1.807, 2.05) is 6.07 Å². The highest BCUT2D eigenvalue weighted by atomic mass is 32.2. The molecule has 0 saturated heterocycles. The maximum absolute atomic E-state index is 12.5. The Kier molecular flexibility index (Phi) is 3.38. The molecule has 20 heavy (non-hydrogen) atoms. The number of ether oxygens (including phenoxy) is 2. The Morgan fingerprint density at radius 3 is 2.55 bits per heavy atom. The maximum atomic E-state index is 12.5. The summed E-state index contributed by atoms with van der Waals surface area (Å²) in [6, 6.07) is 3.26. The van der Waals surface area contributed by atoms with Crippen molar-refractivity contribution in [3.8, 4) is 11.5 Å². The van der Waals surface area contributed by atoms with Crippen LogP contribution in [-0.2, 0) is 9.84 Å². The molecule has 0 bridgehead atoms. The van der Waals surface area contributed by atoms with Crippen LogP contribution >= 0.6 is 0 Å². The fourth-order valence-electron chi connectivity index (χ4n) is 2.78. The van der Waals surface area contributed by atoms with Crippen molar-refractivity contribution in [3.05, 3.63) is 17.7 Å². The number of fused-ring (bicyclic) bond motifs is 2. The van der Waals surface area contributed by atoms with Gasteiger partial charge in [-0.05, 0) is 31.5 Å². The SMILES string of the molecule is CCCNC1c2cc3c(cc2S(=O)(=O)C1C)OCCO3. The highest BCUT2D eigenvalue weighted by Gasteiger charge is 2.43. The molecule has 5 nitrogen and oxygen atoms in total. The van der Waals surface area contributed by atoms with Crippen LogP contribution in [0.2, 0.25) is 0 Å². The minimum Gasteiger partial charge on any atom is -0.486 e. The molecule has 1 N–H and O–H groups in total. The summed E-state index contributed by atoms with van der Waals surface area (Å²) >= 11 is 0. The third-order valence-corrected chi connectivity index (χ3v) is 6.11. The molecule has 1 aromatic rings. The van der Waals surface area contributed by atoms with E-state index < -0.39 is 15.1 Å². The van der Waals surface area contributed by atoms with Crippen LogP contribution in [0, 0.1) is 0 Å². The monoisotopic (exact) mass is 297 g/mol. The Labute approximate surface area is 119 Å². The number of sulfone groups is 1. The normalized spacial score (nSPS) is 26.3. The second kappa shape index (κ2) is 4.93. The third kappa shape index (κ3) is 1.98. The molecule has 0 aromatic heterocycles. The van der Waals surface area contributed by atoms with Gasteiger partial charge in [-0.1, -0.05) is 6.92 Å². The van der Waals surface area contributed by atoms with Crippen LogP contribution in [0.4, 0.5) is 0 Å². The number of benzene rings is 1. The zero-order chi connectivity index (χ0) is 14.3. The first kappa shape index (κ1) is 13.7. The van der Waals surface area contributed by atoms with Crippen LogP contribution in [0.25, 0.3) is 0 Å². The minimum absolute atomic E-state index is 0.175. The number of hydrogen-bond donors (Lipinski definition) is 1. The van der Waals surface area contributed by atoms with E-state index >= 15 is 0 Å². The average Bonchev–Trinajstić information content (AvgIpc) is 2.63. The van der Waals surface area contributed by atoms with Gasteiger partial charge in [-0.3, -0.25) is 0 Å².